The second kappa shape index (κ2) is 8.15. The number of carbonyl (C=O) groups excluding carboxylic acids is 1. The number of carbonyl (C=O) groups is 2. The monoisotopic (exact) mass is 380 g/mol. The smallest absolute Gasteiger partial charge is 0.303 e. The Hall–Kier alpha value is -2.65. The third-order valence-electron chi connectivity index (χ3n) is 3.69. The highest BCUT2D eigenvalue weighted by molar-refractivity contribution is 7.88. The van der Waals surface area contributed by atoms with E-state index in [4.69, 9.17) is 9.52 Å². The van der Waals surface area contributed by atoms with Crippen molar-refractivity contribution >= 4 is 21.9 Å². The molecule has 0 aliphatic carbocycles. The van der Waals surface area contributed by atoms with E-state index in [0.717, 1.165) is 9.87 Å². The lowest BCUT2D eigenvalue weighted by atomic mass is 10.0. The van der Waals surface area contributed by atoms with Crippen molar-refractivity contribution in [3.63, 3.8) is 0 Å². The first-order chi connectivity index (χ1) is 12.2. The average Bonchev–Trinajstić information content (AvgIpc) is 3.10. The minimum absolute atomic E-state index is 0.127. The Bertz CT molecular complexity index is 874. The number of rotatable bonds is 8. The number of nitrogens with zero attached hydrogens (tertiary/aromatic N) is 1. The van der Waals surface area contributed by atoms with E-state index in [9.17, 15) is 18.0 Å². The van der Waals surface area contributed by atoms with E-state index in [1.54, 1.807) is 24.3 Å². The van der Waals surface area contributed by atoms with Crippen LogP contribution in [0.3, 0.4) is 0 Å². The fourth-order valence-corrected chi connectivity index (χ4v) is 3.06. The van der Waals surface area contributed by atoms with Crippen LogP contribution in [-0.2, 0) is 14.8 Å². The van der Waals surface area contributed by atoms with Gasteiger partial charge in [-0.1, -0.05) is 30.3 Å². The summed E-state index contributed by atoms with van der Waals surface area (Å²) in [4.78, 5) is 23.3. The number of hydrogen-bond donors (Lipinski definition) is 2. The van der Waals surface area contributed by atoms with E-state index in [2.05, 4.69) is 5.32 Å². The van der Waals surface area contributed by atoms with Crippen LogP contribution in [0, 0.1) is 0 Å². The topological polar surface area (TPSA) is 117 Å². The maximum atomic E-state index is 12.4. The van der Waals surface area contributed by atoms with Crippen LogP contribution >= 0.6 is 0 Å². The lowest BCUT2D eigenvalue weighted by molar-refractivity contribution is -0.137. The van der Waals surface area contributed by atoms with E-state index in [-0.39, 0.29) is 23.7 Å². The fraction of sp³-hybridized carbons (Fsp3) is 0.294. The molecule has 2 N–H and O–H groups in total. The molecule has 1 atom stereocenters. The largest absolute Gasteiger partial charge is 0.481 e. The summed E-state index contributed by atoms with van der Waals surface area (Å²) >= 11 is 0. The Balaban J connectivity index is 2.19. The Morgan fingerprint density at radius 2 is 1.81 bits per heavy atom. The molecular formula is C17H20N2O6S. The van der Waals surface area contributed by atoms with Gasteiger partial charge in [0.15, 0.2) is 5.76 Å². The number of sulfonamides is 1. The molecular weight excluding hydrogens is 360 g/mol. The summed E-state index contributed by atoms with van der Waals surface area (Å²) in [6, 6.07) is 10.9. The number of aliphatic carboxylic acids is 1. The SMILES string of the molecule is CN(C)S(=O)(=O)c1ccc(C(=O)NC(CCC(=O)O)c2ccccc2)o1. The first kappa shape index (κ1) is 19.7. The van der Waals surface area contributed by atoms with Gasteiger partial charge in [-0.15, -0.1) is 0 Å². The molecule has 0 bridgehead atoms. The maximum Gasteiger partial charge on any atom is 0.303 e. The Kier molecular flexibility index (Phi) is 6.17. The van der Waals surface area contributed by atoms with Gasteiger partial charge in [0.05, 0.1) is 6.04 Å². The summed E-state index contributed by atoms with van der Waals surface area (Å²) < 4.78 is 30.2. The normalized spacial score (nSPS) is 12.7. The minimum atomic E-state index is -3.78. The Morgan fingerprint density at radius 3 is 2.38 bits per heavy atom. The Morgan fingerprint density at radius 1 is 1.15 bits per heavy atom. The average molecular weight is 380 g/mol. The number of benzene rings is 1. The number of carboxylic acid groups (broad SMARTS) is 1. The van der Waals surface area contributed by atoms with Gasteiger partial charge in [-0.3, -0.25) is 9.59 Å². The van der Waals surface area contributed by atoms with Crippen molar-refractivity contribution in [2.24, 2.45) is 0 Å². The van der Waals surface area contributed by atoms with Crippen LogP contribution in [-0.4, -0.2) is 43.8 Å². The first-order valence-corrected chi connectivity index (χ1v) is 9.26. The quantitative estimate of drug-likeness (QED) is 0.722. The maximum absolute atomic E-state index is 12.4. The minimum Gasteiger partial charge on any atom is -0.481 e. The van der Waals surface area contributed by atoms with E-state index >= 15 is 0 Å². The molecule has 2 aromatic rings. The third-order valence-corrected chi connectivity index (χ3v) is 5.38. The van der Waals surface area contributed by atoms with Crippen molar-refractivity contribution in [3.8, 4) is 0 Å². The molecule has 2 rings (SSSR count). The molecule has 1 heterocycles. The molecule has 0 saturated carbocycles. The van der Waals surface area contributed by atoms with Crippen LogP contribution in [0.25, 0.3) is 0 Å². The van der Waals surface area contributed by atoms with Gasteiger partial charge in [-0.05, 0) is 24.1 Å². The number of hydrogen-bond acceptors (Lipinski definition) is 5. The second-order valence-corrected chi connectivity index (χ2v) is 7.86. The van der Waals surface area contributed by atoms with Crippen LogP contribution in [0.1, 0.15) is 35.0 Å². The van der Waals surface area contributed by atoms with E-state index < -0.39 is 27.9 Å². The molecule has 0 fully saturated rings. The van der Waals surface area contributed by atoms with Crippen molar-refractivity contribution in [1.82, 2.24) is 9.62 Å². The molecule has 1 aromatic carbocycles. The van der Waals surface area contributed by atoms with Crippen molar-refractivity contribution in [3.05, 3.63) is 53.8 Å². The molecule has 9 heteroatoms. The number of nitrogens with one attached hydrogen (secondary N) is 1. The fourth-order valence-electron chi connectivity index (χ4n) is 2.27. The Labute approximate surface area is 151 Å². The van der Waals surface area contributed by atoms with Crippen LogP contribution in [0.5, 0.6) is 0 Å². The van der Waals surface area contributed by atoms with Crippen LogP contribution in [0.2, 0.25) is 0 Å². The van der Waals surface area contributed by atoms with Gasteiger partial charge in [0.25, 0.3) is 15.9 Å². The van der Waals surface area contributed by atoms with Gasteiger partial charge in [0.2, 0.25) is 5.09 Å². The molecule has 0 radical (unpaired) electrons. The van der Waals surface area contributed by atoms with Crippen molar-refractivity contribution in [1.29, 1.82) is 0 Å². The zero-order chi connectivity index (χ0) is 19.3. The number of carboxylic acids is 1. The highest BCUT2D eigenvalue weighted by atomic mass is 32.2. The van der Waals surface area contributed by atoms with Gasteiger partial charge in [0, 0.05) is 20.5 Å². The van der Waals surface area contributed by atoms with E-state index in [1.165, 1.54) is 26.2 Å². The summed E-state index contributed by atoms with van der Waals surface area (Å²) in [6.07, 6.45) is 0.0624. The molecule has 1 amide bonds. The van der Waals surface area contributed by atoms with Gasteiger partial charge in [-0.25, -0.2) is 12.7 Å². The zero-order valence-electron chi connectivity index (χ0n) is 14.4. The van der Waals surface area contributed by atoms with Crippen LogP contribution in [0.4, 0.5) is 0 Å². The summed E-state index contributed by atoms with van der Waals surface area (Å²) in [5.41, 5.74) is 0.745. The van der Waals surface area contributed by atoms with E-state index in [0.29, 0.717) is 0 Å². The zero-order valence-corrected chi connectivity index (χ0v) is 15.2. The molecule has 1 unspecified atom stereocenters. The number of furan rings is 1. The van der Waals surface area contributed by atoms with Gasteiger partial charge < -0.3 is 14.8 Å². The molecule has 0 saturated heterocycles. The molecule has 0 aliphatic heterocycles. The molecule has 0 spiro atoms. The molecule has 8 nitrogen and oxygen atoms in total. The molecule has 1 aromatic heterocycles. The van der Waals surface area contributed by atoms with Crippen LogP contribution in [0.15, 0.2) is 52.0 Å². The molecule has 26 heavy (non-hydrogen) atoms. The highest BCUT2D eigenvalue weighted by Gasteiger charge is 2.25. The predicted molar refractivity (Wildman–Crippen MR) is 93.1 cm³/mol. The predicted octanol–water partition coefficient (Wildman–Crippen LogP) is 1.87. The summed E-state index contributed by atoms with van der Waals surface area (Å²) in [5, 5.41) is 11.3. The highest BCUT2D eigenvalue weighted by Crippen LogP contribution is 2.21. The third kappa shape index (κ3) is 4.70. The van der Waals surface area contributed by atoms with Crippen molar-refractivity contribution in [2.75, 3.05) is 14.1 Å². The van der Waals surface area contributed by atoms with Gasteiger partial charge in [-0.2, -0.15) is 0 Å². The van der Waals surface area contributed by atoms with E-state index in [1.807, 2.05) is 6.07 Å². The lowest BCUT2D eigenvalue weighted by Crippen LogP contribution is -2.28. The standard InChI is InChI=1S/C17H20N2O6S/c1-19(2)26(23,24)16-11-9-14(25-16)17(22)18-13(8-10-15(20)21)12-6-4-3-5-7-12/h3-7,9,11,13H,8,10H2,1-2H3,(H,18,22)(H,20,21). The lowest BCUT2D eigenvalue weighted by Gasteiger charge is -2.18. The second-order valence-electron chi connectivity index (χ2n) is 5.78. The molecule has 0 aliphatic rings. The number of amides is 1. The van der Waals surface area contributed by atoms with Gasteiger partial charge in [0.1, 0.15) is 0 Å². The summed E-state index contributed by atoms with van der Waals surface area (Å²) in [5.74, 6) is -1.76. The first-order valence-electron chi connectivity index (χ1n) is 7.82. The molecule has 140 valence electrons. The van der Waals surface area contributed by atoms with Crippen LogP contribution < -0.4 is 5.32 Å². The summed E-state index contributed by atoms with van der Waals surface area (Å²) in [6.45, 7) is 0. The van der Waals surface area contributed by atoms with Gasteiger partial charge >= 0.3 is 5.97 Å². The summed E-state index contributed by atoms with van der Waals surface area (Å²) in [7, 11) is -1.07. The van der Waals surface area contributed by atoms with Crippen molar-refractivity contribution in [2.45, 2.75) is 24.0 Å². The van der Waals surface area contributed by atoms with Crippen molar-refractivity contribution < 1.29 is 27.5 Å².